The number of nitrogens with zero attached hydrogens (tertiary/aromatic N) is 1. The van der Waals surface area contributed by atoms with Crippen LogP contribution in [0.25, 0.3) is 10.8 Å². The smallest absolute Gasteiger partial charge is 0.229 e. The maximum absolute atomic E-state index is 13.1. The van der Waals surface area contributed by atoms with Crippen LogP contribution < -0.4 is 10.2 Å². The second-order valence-corrected chi connectivity index (χ2v) is 7.09. The van der Waals surface area contributed by atoms with Crippen molar-refractivity contribution >= 4 is 39.6 Å². The molecule has 1 unspecified atom stereocenters. The predicted molar refractivity (Wildman–Crippen MR) is 107 cm³/mol. The molecule has 0 saturated heterocycles. The van der Waals surface area contributed by atoms with Crippen LogP contribution in [0.15, 0.2) is 60.0 Å². The van der Waals surface area contributed by atoms with E-state index >= 15 is 0 Å². The number of anilines is 1. The highest BCUT2D eigenvalue weighted by molar-refractivity contribution is 7.10. The minimum Gasteiger partial charge on any atom is -0.348 e. The molecule has 4 nitrogen and oxygen atoms in total. The van der Waals surface area contributed by atoms with Crippen LogP contribution in [0.3, 0.4) is 0 Å². The van der Waals surface area contributed by atoms with E-state index < -0.39 is 0 Å². The molecule has 134 valence electrons. The summed E-state index contributed by atoms with van der Waals surface area (Å²) in [6, 6.07) is 17.6. The number of nitrogens with one attached hydrogen (secondary N) is 1. The second kappa shape index (κ2) is 8.15. The third-order valence-corrected chi connectivity index (χ3v) is 5.30. The van der Waals surface area contributed by atoms with Gasteiger partial charge in [-0.1, -0.05) is 42.5 Å². The Bertz CT molecular complexity index is 900. The monoisotopic (exact) mass is 366 g/mol. The molecule has 0 radical (unpaired) electrons. The quantitative estimate of drug-likeness (QED) is 0.697. The zero-order valence-corrected chi connectivity index (χ0v) is 15.8. The number of fused-ring (bicyclic) bond motifs is 1. The van der Waals surface area contributed by atoms with Crippen LogP contribution in [0.4, 0.5) is 5.69 Å². The molecule has 2 amide bonds. The fourth-order valence-corrected chi connectivity index (χ4v) is 3.95. The van der Waals surface area contributed by atoms with Crippen LogP contribution in [0, 0.1) is 0 Å². The van der Waals surface area contributed by atoms with Gasteiger partial charge in [0.1, 0.15) is 0 Å². The van der Waals surface area contributed by atoms with E-state index in [0.29, 0.717) is 6.54 Å². The molecule has 0 aliphatic rings. The van der Waals surface area contributed by atoms with Gasteiger partial charge in [0.05, 0.1) is 18.2 Å². The minimum absolute atomic E-state index is 0.00370. The summed E-state index contributed by atoms with van der Waals surface area (Å²) in [6.07, 6.45) is 0.233. The van der Waals surface area contributed by atoms with Gasteiger partial charge in [-0.3, -0.25) is 9.59 Å². The molecule has 0 fully saturated rings. The number of amides is 2. The van der Waals surface area contributed by atoms with Crippen LogP contribution in [0.5, 0.6) is 0 Å². The van der Waals surface area contributed by atoms with Gasteiger partial charge in [-0.15, -0.1) is 11.3 Å². The van der Waals surface area contributed by atoms with Gasteiger partial charge in [-0.25, -0.2) is 0 Å². The van der Waals surface area contributed by atoms with Gasteiger partial charge in [0.15, 0.2) is 0 Å². The molecule has 1 N–H and O–H groups in total. The van der Waals surface area contributed by atoms with Crippen molar-refractivity contribution < 1.29 is 9.59 Å². The van der Waals surface area contributed by atoms with E-state index in [1.54, 1.807) is 16.2 Å². The molecule has 3 aromatic rings. The van der Waals surface area contributed by atoms with E-state index in [0.717, 1.165) is 21.3 Å². The lowest BCUT2D eigenvalue weighted by Crippen LogP contribution is -2.35. The maximum atomic E-state index is 13.1. The van der Waals surface area contributed by atoms with Crippen molar-refractivity contribution in [1.82, 2.24) is 5.32 Å². The van der Waals surface area contributed by atoms with Crippen LogP contribution in [-0.2, 0) is 9.59 Å². The van der Waals surface area contributed by atoms with Crippen molar-refractivity contribution in [1.29, 1.82) is 0 Å². The molecule has 0 saturated carbocycles. The molecule has 2 aromatic carbocycles. The molecular weight excluding hydrogens is 344 g/mol. The van der Waals surface area contributed by atoms with E-state index in [2.05, 4.69) is 5.32 Å². The Labute approximate surface area is 157 Å². The summed E-state index contributed by atoms with van der Waals surface area (Å²) in [5.41, 5.74) is 0.906. The van der Waals surface area contributed by atoms with Crippen molar-refractivity contribution in [2.45, 2.75) is 26.3 Å². The second-order valence-electron chi connectivity index (χ2n) is 6.11. The van der Waals surface area contributed by atoms with Gasteiger partial charge in [-0.05, 0) is 29.8 Å². The Kier molecular flexibility index (Phi) is 5.68. The first-order valence-electron chi connectivity index (χ1n) is 8.68. The Hall–Kier alpha value is -2.66. The van der Waals surface area contributed by atoms with E-state index in [-0.39, 0.29) is 24.3 Å². The number of rotatable bonds is 6. The van der Waals surface area contributed by atoms with Gasteiger partial charge in [0.25, 0.3) is 0 Å². The summed E-state index contributed by atoms with van der Waals surface area (Å²) in [5, 5.41) is 7.02. The van der Waals surface area contributed by atoms with Gasteiger partial charge in [-0.2, -0.15) is 0 Å². The molecule has 0 aliphatic carbocycles. The van der Waals surface area contributed by atoms with Crippen molar-refractivity contribution in [3.63, 3.8) is 0 Å². The zero-order valence-electron chi connectivity index (χ0n) is 14.9. The highest BCUT2D eigenvalue weighted by atomic mass is 32.1. The first-order valence-corrected chi connectivity index (χ1v) is 9.56. The van der Waals surface area contributed by atoms with E-state index in [1.165, 1.54) is 6.92 Å². The first kappa shape index (κ1) is 18.1. The fourth-order valence-electron chi connectivity index (χ4n) is 3.17. The molecule has 1 atom stereocenters. The number of thiophene rings is 1. The summed E-state index contributed by atoms with van der Waals surface area (Å²) < 4.78 is 0. The molecule has 0 aliphatic heterocycles. The normalized spacial score (nSPS) is 11.9. The Balaban J connectivity index is 1.89. The number of carbonyl (C=O) groups is 2. The van der Waals surface area contributed by atoms with Crippen molar-refractivity contribution in [3.05, 3.63) is 64.9 Å². The SMILES string of the molecule is CCN(C(=O)CC(NC(C)=O)c1cccs1)c1cccc2ccccc12. The van der Waals surface area contributed by atoms with E-state index in [1.807, 2.05) is 66.9 Å². The predicted octanol–water partition coefficient (Wildman–Crippen LogP) is 4.52. The Morgan fingerprint density at radius 1 is 1.08 bits per heavy atom. The molecule has 0 spiro atoms. The van der Waals surface area contributed by atoms with E-state index in [9.17, 15) is 9.59 Å². The summed E-state index contributed by atoms with van der Waals surface area (Å²) >= 11 is 1.55. The maximum Gasteiger partial charge on any atom is 0.229 e. The largest absolute Gasteiger partial charge is 0.348 e. The summed E-state index contributed by atoms with van der Waals surface area (Å²) in [7, 11) is 0. The topological polar surface area (TPSA) is 49.4 Å². The molecular formula is C21H22N2O2S. The third-order valence-electron chi connectivity index (χ3n) is 4.32. The van der Waals surface area contributed by atoms with Crippen molar-refractivity contribution in [2.24, 2.45) is 0 Å². The number of hydrogen-bond acceptors (Lipinski definition) is 3. The number of carbonyl (C=O) groups excluding carboxylic acids is 2. The van der Waals surface area contributed by atoms with Crippen molar-refractivity contribution in [3.8, 4) is 0 Å². The van der Waals surface area contributed by atoms with Gasteiger partial charge >= 0.3 is 0 Å². The van der Waals surface area contributed by atoms with Crippen molar-refractivity contribution in [2.75, 3.05) is 11.4 Å². The standard InChI is InChI=1S/C21H22N2O2S/c1-3-23(19-11-6-9-16-8-4-5-10-17(16)19)21(25)14-18(22-15(2)24)20-12-7-13-26-20/h4-13,18H,3,14H2,1-2H3,(H,22,24). The Morgan fingerprint density at radius 3 is 2.54 bits per heavy atom. The lowest BCUT2D eigenvalue weighted by atomic mass is 10.1. The third kappa shape index (κ3) is 3.94. The summed E-state index contributed by atoms with van der Waals surface area (Å²) in [5.74, 6) is -0.139. The first-order chi connectivity index (χ1) is 12.6. The lowest BCUT2D eigenvalue weighted by Gasteiger charge is -2.25. The fraction of sp³-hybridized carbons (Fsp3) is 0.238. The lowest BCUT2D eigenvalue weighted by molar-refractivity contribution is -0.121. The Morgan fingerprint density at radius 2 is 1.85 bits per heavy atom. The molecule has 26 heavy (non-hydrogen) atoms. The summed E-state index contributed by atoms with van der Waals surface area (Å²) in [6.45, 7) is 4.02. The van der Waals surface area contributed by atoms with Crippen LogP contribution >= 0.6 is 11.3 Å². The van der Waals surface area contributed by atoms with Crippen LogP contribution in [0.1, 0.15) is 31.2 Å². The highest BCUT2D eigenvalue weighted by Crippen LogP contribution is 2.29. The average Bonchev–Trinajstić information content (AvgIpc) is 3.16. The van der Waals surface area contributed by atoms with E-state index in [4.69, 9.17) is 0 Å². The average molecular weight is 366 g/mol. The van der Waals surface area contributed by atoms with Gasteiger partial charge in [0.2, 0.25) is 11.8 Å². The zero-order chi connectivity index (χ0) is 18.5. The van der Waals surface area contributed by atoms with Gasteiger partial charge in [0, 0.05) is 23.7 Å². The summed E-state index contributed by atoms with van der Waals surface area (Å²) in [4.78, 5) is 27.5. The number of hydrogen-bond donors (Lipinski definition) is 1. The van der Waals surface area contributed by atoms with Crippen LogP contribution in [-0.4, -0.2) is 18.4 Å². The van der Waals surface area contributed by atoms with Gasteiger partial charge < -0.3 is 10.2 Å². The molecule has 0 bridgehead atoms. The molecule has 1 heterocycles. The molecule has 5 heteroatoms. The minimum atomic E-state index is -0.302. The number of benzene rings is 2. The molecule has 1 aromatic heterocycles. The highest BCUT2D eigenvalue weighted by Gasteiger charge is 2.23. The van der Waals surface area contributed by atoms with Crippen LogP contribution in [0.2, 0.25) is 0 Å². The molecule has 3 rings (SSSR count).